The lowest BCUT2D eigenvalue weighted by Crippen LogP contribution is -2.45. The van der Waals surface area contributed by atoms with Crippen LogP contribution in [0, 0.1) is 5.92 Å². The summed E-state index contributed by atoms with van der Waals surface area (Å²) < 4.78 is 11.3. The maximum atomic E-state index is 12.9. The molecule has 3 aliphatic heterocycles. The van der Waals surface area contributed by atoms with Gasteiger partial charge in [0.2, 0.25) is 0 Å². The van der Waals surface area contributed by atoms with Crippen molar-refractivity contribution in [1.82, 2.24) is 4.90 Å². The molecule has 0 aliphatic carbocycles. The molecule has 5 nitrogen and oxygen atoms in total. The molecular weight excluding hydrogens is 365 g/mol. The highest BCUT2D eigenvalue weighted by Gasteiger charge is 2.46. The van der Waals surface area contributed by atoms with Crippen LogP contribution >= 0.6 is 0 Å². The van der Waals surface area contributed by atoms with Gasteiger partial charge in [0, 0.05) is 6.54 Å². The van der Waals surface area contributed by atoms with Gasteiger partial charge in [-0.1, -0.05) is 56.5 Å². The van der Waals surface area contributed by atoms with Crippen LogP contribution in [-0.2, 0) is 14.3 Å². The summed E-state index contributed by atoms with van der Waals surface area (Å²) >= 11 is 0. The summed E-state index contributed by atoms with van der Waals surface area (Å²) in [5.41, 5.74) is -1.14. The van der Waals surface area contributed by atoms with E-state index in [-0.39, 0.29) is 12.1 Å². The number of rotatable bonds is 3. The van der Waals surface area contributed by atoms with Gasteiger partial charge in [-0.15, -0.1) is 0 Å². The van der Waals surface area contributed by atoms with Crippen molar-refractivity contribution < 1.29 is 19.1 Å². The molecule has 0 aromatic carbocycles. The number of carbonyl (C=O) groups excluding carboxylic acids is 2. The van der Waals surface area contributed by atoms with Gasteiger partial charge >= 0.3 is 12.1 Å². The Morgan fingerprint density at radius 2 is 1.41 bits per heavy atom. The highest BCUT2D eigenvalue weighted by molar-refractivity contribution is 6.62. The van der Waals surface area contributed by atoms with Gasteiger partial charge < -0.3 is 9.47 Å². The third kappa shape index (κ3) is 5.91. The SMILES string of the molecule is CC(C)(C)OC(=O)[C@@H]1CC(CB2C3CCCC2CCC3)CN1C(=O)OC(C)(C)C. The Balaban J connectivity index is 1.71. The fourth-order valence-corrected chi connectivity index (χ4v) is 5.79. The maximum Gasteiger partial charge on any atom is 0.411 e. The third-order valence-corrected chi connectivity index (χ3v) is 6.81. The van der Waals surface area contributed by atoms with E-state index >= 15 is 0 Å². The van der Waals surface area contributed by atoms with Gasteiger partial charge in [-0.25, -0.2) is 9.59 Å². The summed E-state index contributed by atoms with van der Waals surface area (Å²) in [6.07, 6.45) is 9.64. The molecule has 2 atom stereocenters. The van der Waals surface area contributed by atoms with Crippen molar-refractivity contribution in [3.63, 3.8) is 0 Å². The van der Waals surface area contributed by atoms with E-state index in [0.717, 1.165) is 24.7 Å². The number of amides is 1. The Hall–Kier alpha value is -1.20. The summed E-state index contributed by atoms with van der Waals surface area (Å²) in [4.78, 5) is 27.4. The van der Waals surface area contributed by atoms with Crippen LogP contribution in [0.1, 0.15) is 86.5 Å². The third-order valence-electron chi connectivity index (χ3n) is 6.81. The first-order valence-corrected chi connectivity index (χ1v) is 11.7. The van der Waals surface area contributed by atoms with Crippen molar-refractivity contribution in [2.24, 2.45) is 5.92 Å². The van der Waals surface area contributed by atoms with E-state index in [9.17, 15) is 9.59 Å². The summed E-state index contributed by atoms with van der Waals surface area (Å²) in [5, 5.41) is 0. The fourth-order valence-electron chi connectivity index (χ4n) is 5.79. The lowest BCUT2D eigenvalue weighted by atomic mass is 9.25. The molecule has 29 heavy (non-hydrogen) atoms. The number of ether oxygens (including phenoxy) is 2. The second-order valence-corrected chi connectivity index (χ2v) is 11.6. The zero-order valence-corrected chi connectivity index (χ0v) is 19.3. The van der Waals surface area contributed by atoms with E-state index in [1.807, 2.05) is 41.5 Å². The average Bonchev–Trinajstić information content (AvgIpc) is 2.96. The number of hydrogen-bond donors (Lipinski definition) is 0. The number of nitrogens with zero attached hydrogens (tertiary/aromatic N) is 1. The van der Waals surface area contributed by atoms with Gasteiger partial charge in [-0.05, 0) is 53.9 Å². The second-order valence-electron chi connectivity index (χ2n) is 11.6. The maximum absolute atomic E-state index is 12.9. The molecule has 0 saturated carbocycles. The van der Waals surface area contributed by atoms with Crippen molar-refractivity contribution in [2.75, 3.05) is 6.54 Å². The molecule has 1 unspecified atom stereocenters. The van der Waals surface area contributed by atoms with Crippen molar-refractivity contribution in [1.29, 1.82) is 0 Å². The van der Waals surface area contributed by atoms with Crippen molar-refractivity contribution in [3.05, 3.63) is 0 Å². The quantitative estimate of drug-likeness (QED) is 0.456. The Morgan fingerprint density at radius 1 is 0.897 bits per heavy atom. The molecule has 3 rings (SSSR count). The van der Waals surface area contributed by atoms with Crippen LogP contribution in [0.25, 0.3) is 0 Å². The summed E-state index contributed by atoms with van der Waals surface area (Å²) in [6, 6.07) is -0.530. The molecule has 0 spiro atoms. The smallest absolute Gasteiger partial charge is 0.411 e. The number of hydrogen-bond acceptors (Lipinski definition) is 4. The van der Waals surface area contributed by atoms with Crippen LogP contribution < -0.4 is 0 Å². The van der Waals surface area contributed by atoms with Crippen molar-refractivity contribution in [3.8, 4) is 0 Å². The van der Waals surface area contributed by atoms with Crippen molar-refractivity contribution >= 4 is 18.8 Å². The molecule has 3 fully saturated rings. The lowest BCUT2D eigenvalue weighted by molar-refractivity contribution is -0.160. The highest BCUT2D eigenvalue weighted by Crippen LogP contribution is 2.49. The molecule has 3 aliphatic rings. The van der Waals surface area contributed by atoms with E-state index in [4.69, 9.17) is 9.47 Å². The predicted octanol–water partition coefficient (Wildman–Crippen LogP) is 5.56. The van der Waals surface area contributed by atoms with E-state index in [1.165, 1.54) is 38.5 Å². The van der Waals surface area contributed by atoms with Crippen molar-refractivity contribution in [2.45, 2.75) is 122 Å². The minimum Gasteiger partial charge on any atom is -0.458 e. The van der Waals surface area contributed by atoms with Gasteiger partial charge in [0.15, 0.2) is 0 Å². The standard InChI is InChI=1S/C23H40BNO4/c1-22(2,3)28-20(26)19-13-16(15-25(19)21(27)29-23(4,5)6)14-24-17-9-7-10-18(24)12-8-11-17/h16-19H,7-15H2,1-6H3/t16?,17?,18?,19-/m0/s1. The first-order valence-electron chi connectivity index (χ1n) is 11.7. The van der Waals surface area contributed by atoms with Crippen LogP contribution in [-0.4, -0.2) is 47.5 Å². The number of likely N-dealkylation sites (tertiary alicyclic amines) is 1. The molecule has 0 radical (unpaired) electrons. The van der Waals surface area contributed by atoms with Crippen LogP contribution in [0.5, 0.6) is 0 Å². The largest absolute Gasteiger partial charge is 0.458 e. The second kappa shape index (κ2) is 8.51. The van der Waals surface area contributed by atoms with Gasteiger partial charge in [-0.2, -0.15) is 0 Å². The predicted molar refractivity (Wildman–Crippen MR) is 116 cm³/mol. The van der Waals surface area contributed by atoms with Gasteiger partial charge in [0.25, 0.3) is 0 Å². The molecule has 164 valence electrons. The van der Waals surface area contributed by atoms with E-state index in [0.29, 0.717) is 18.9 Å². The molecule has 3 saturated heterocycles. The minimum atomic E-state index is -0.575. The average molecular weight is 405 g/mol. The molecule has 2 bridgehead atoms. The molecule has 1 amide bonds. The van der Waals surface area contributed by atoms with Crippen LogP contribution in [0.2, 0.25) is 18.0 Å². The first kappa shape index (κ1) is 22.5. The van der Waals surface area contributed by atoms with Gasteiger partial charge in [-0.3, -0.25) is 4.90 Å². The number of esters is 1. The minimum absolute atomic E-state index is 0.297. The molecule has 0 aromatic heterocycles. The summed E-state index contributed by atoms with van der Waals surface area (Å²) in [5.74, 6) is 1.75. The molecular formula is C23H40BNO4. The van der Waals surface area contributed by atoms with E-state index < -0.39 is 17.2 Å². The van der Waals surface area contributed by atoms with Gasteiger partial charge in [0.05, 0.1) is 0 Å². The van der Waals surface area contributed by atoms with E-state index in [1.54, 1.807) is 4.90 Å². The van der Waals surface area contributed by atoms with E-state index in [2.05, 4.69) is 0 Å². The zero-order valence-electron chi connectivity index (χ0n) is 19.3. The number of carbonyl (C=O) groups is 2. The highest BCUT2D eigenvalue weighted by atomic mass is 16.6. The molecule has 6 heteroatoms. The lowest BCUT2D eigenvalue weighted by Gasteiger charge is -2.41. The molecule has 0 N–H and O–H groups in total. The summed E-state index contributed by atoms with van der Waals surface area (Å²) in [7, 11) is 0. The first-order chi connectivity index (χ1) is 13.4. The Labute approximate surface area is 177 Å². The fraction of sp³-hybridized carbons (Fsp3) is 0.913. The van der Waals surface area contributed by atoms with Crippen LogP contribution in [0.3, 0.4) is 0 Å². The normalized spacial score (nSPS) is 30.3. The Kier molecular flexibility index (Phi) is 6.60. The molecule has 0 aromatic rings. The monoisotopic (exact) mass is 405 g/mol. The topological polar surface area (TPSA) is 55.8 Å². The summed E-state index contributed by atoms with van der Waals surface area (Å²) in [6.45, 7) is 12.6. The Morgan fingerprint density at radius 3 is 1.90 bits per heavy atom. The molecule has 3 heterocycles. The number of fused-ring (bicyclic) bond motifs is 2. The van der Waals surface area contributed by atoms with Crippen LogP contribution in [0.15, 0.2) is 0 Å². The zero-order chi connectivity index (χ0) is 21.4. The van der Waals surface area contributed by atoms with Gasteiger partial charge in [0.1, 0.15) is 24.0 Å². The van der Waals surface area contributed by atoms with Crippen LogP contribution in [0.4, 0.5) is 4.79 Å². The Bertz CT molecular complexity index is 551.